The average Bonchev–Trinajstić information content (AvgIpc) is 3.11. The van der Waals surface area contributed by atoms with Crippen molar-refractivity contribution in [3.05, 3.63) is 88.2 Å². The summed E-state index contributed by atoms with van der Waals surface area (Å²) in [6.45, 7) is 2.01. The van der Waals surface area contributed by atoms with E-state index in [4.69, 9.17) is 4.98 Å². The lowest BCUT2D eigenvalue weighted by molar-refractivity contribution is 0.764. The molecule has 3 heterocycles. The second-order valence-corrected chi connectivity index (χ2v) is 6.19. The third kappa shape index (κ3) is 3.13. The first-order chi connectivity index (χ1) is 13.2. The number of benzene rings is 1. The normalized spacial score (nSPS) is 10.6. The van der Waals surface area contributed by atoms with Crippen molar-refractivity contribution < 1.29 is 0 Å². The molecule has 0 aliphatic carbocycles. The van der Waals surface area contributed by atoms with Crippen LogP contribution >= 0.6 is 0 Å². The molecule has 132 valence electrons. The van der Waals surface area contributed by atoms with Gasteiger partial charge in [-0.25, -0.2) is 4.98 Å². The van der Waals surface area contributed by atoms with Crippen LogP contribution in [0.15, 0.2) is 65.6 Å². The molecule has 0 atom stereocenters. The first kappa shape index (κ1) is 16.8. The van der Waals surface area contributed by atoms with Crippen molar-refractivity contribution in [2.45, 2.75) is 13.3 Å². The van der Waals surface area contributed by atoms with Crippen LogP contribution in [0.3, 0.4) is 0 Å². The maximum Gasteiger partial charge on any atom is 0.267 e. The predicted octanol–water partition coefficient (Wildman–Crippen LogP) is 3.06. The van der Waals surface area contributed by atoms with Crippen LogP contribution < -0.4 is 5.56 Å². The molecule has 0 bridgehead atoms. The van der Waals surface area contributed by atoms with Crippen LogP contribution in [0.2, 0.25) is 0 Å². The molecule has 27 heavy (non-hydrogen) atoms. The van der Waals surface area contributed by atoms with Gasteiger partial charge in [-0.15, -0.1) is 0 Å². The van der Waals surface area contributed by atoms with Crippen molar-refractivity contribution in [2.75, 3.05) is 0 Å². The van der Waals surface area contributed by atoms with E-state index in [1.165, 1.54) is 0 Å². The molecule has 0 aliphatic rings. The van der Waals surface area contributed by atoms with E-state index >= 15 is 0 Å². The summed E-state index contributed by atoms with van der Waals surface area (Å²) in [5, 5.41) is 4.26. The first-order valence-corrected chi connectivity index (χ1v) is 8.79. The van der Waals surface area contributed by atoms with Gasteiger partial charge in [-0.3, -0.25) is 13.9 Å². The van der Waals surface area contributed by atoms with Gasteiger partial charge in [0.1, 0.15) is 17.0 Å². The van der Waals surface area contributed by atoms with Crippen molar-refractivity contribution >= 4 is 5.65 Å². The number of hydrogen-bond acceptors (Lipinski definition) is 3. The molecule has 5 heteroatoms. The molecular formula is C22H18N4O. The average molecular weight is 354 g/mol. The van der Waals surface area contributed by atoms with E-state index in [2.05, 4.69) is 16.9 Å². The van der Waals surface area contributed by atoms with Crippen LogP contribution in [0.25, 0.3) is 16.8 Å². The predicted molar refractivity (Wildman–Crippen MR) is 105 cm³/mol. The zero-order valence-corrected chi connectivity index (χ0v) is 15.2. The number of aromatic nitrogens is 4. The molecule has 0 N–H and O–H groups in total. The van der Waals surface area contributed by atoms with E-state index in [0.717, 1.165) is 11.3 Å². The fourth-order valence-electron chi connectivity index (χ4n) is 3.09. The second kappa shape index (κ2) is 6.93. The lowest BCUT2D eigenvalue weighted by Crippen LogP contribution is -2.21. The van der Waals surface area contributed by atoms with Crippen molar-refractivity contribution in [3.63, 3.8) is 0 Å². The third-order valence-corrected chi connectivity index (χ3v) is 4.35. The van der Waals surface area contributed by atoms with Crippen LogP contribution in [-0.2, 0) is 13.5 Å². The number of aryl methyl sites for hydroxylation is 2. The van der Waals surface area contributed by atoms with Crippen molar-refractivity contribution in [3.8, 4) is 23.0 Å². The van der Waals surface area contributed by atoms with Gasteiger partial charge in [-0.2, -0.15) is 5.10 Å². The molecule has 5 nitrogen and oxygen atoms in total. The highest BCUT2D eigenvalue weighted by Crippen LogP contribution is 2.20. The minimum Gasteiger partial charge on any atom is -0.275 e. The third-order valence-electron chi connectivity index (χ3n) is 4.35. The highest BCUT2D eigenvalue weighted by Gasteiger charge is 2.14. The summed E-state index contributed by atoms with van der Waals surface area (Å²) in [7, 11) is 1.84. The van der Waals surface area contributed by atoms with Gasteiger partial charge in [0, 0.05) is 13.2 Å². The zero-order chi connectivity index (χ0) is 18.8. The highest BCUT2D eigenvalue weighted by atomic mass is 16.1. The standard InChI is InChI=1S/C22H18N4O/c1-3-19-21(16-8-5-4-6-9-16)22(27)26-18(10-7-11-20(26)23-19)13-12-17-14-15-25(2)24-17/h4-11,14-15H,3H2,1-2H3. The summed E-state index contributed by atoms with van der Waals surface area (Å²) in [6.07, 6.45) is 2.52. The van der Waals surface area contributed by atoms with Gasteiger partial charge in [0.05, 0.1) is 11.3 Å². The van der Waals surface area contributed by atoms with Gasteiger partial charge < -0.3 is 0 Å². The monoisotopic (exact) mass is 354 g/mol. The van der Waals surface area contributed by atoms with Gasteiger partial charge in [-0.05, 0) is 42.0 Å². The Labute approximate surface area is 156 Å². The maximum atomic E-state index is 13.4. The molecule has 0 fully saturated rings. The first-order valence-electron chi connectivity index (χ1n) is 8.79. The Morgan fingerprint density at radius 1 is 1.00 bits per heavy atom. The second-order valence-electron chi connectivity index (χ2n) is 6.19. The Bertz CT molecular complexity index is 1240. The van der Waals surface area contributed by atoms with Crippen LogP contribution in [0.5, 0.6) is 0 Å². The highest BCUT2D eigenvalue weighted by molar-refractivity contribution is 5.67. The number of hydrogen-bond donors (Lipinski definition) is 0. The van der Waals surface area contributed by atoms with E-state index < -0.39 is 0 Å². The number of fused-ring (bicyclic) bond motifs is 1. The summed E-state index contributed by atoms with van der Waals surface area (Å²) in [6, 6.07) is 17.0. The molecule has 1 aromatic carbocycles. The zero-order valence-electron chi connectivity index (χ0n) is 15.2. The number of pyridine rings is 1. The molecule has 0 radical (unpaired) electrons. The van der Waals surface area contributed by atoms with Gasteiger partial charge >= 0.3 is 0 Å². The summed E-state index contributed by atoms with van der Waals surface area (Å²) in [5.41, 5.74) is 4.04. The minimum atomic E-state index is -0.103. The Morgan fingerprint density at radius 3 is 2.52 bits per heavy atom. The molecule has 0 unspecified atom stereocenters. The van der Waals surface area contributed by atoms with Crippen molar-refractivity contribution in [1.82, 2.24) is 19.2 Å². The van der Waals surface area contributed by atoms with E-state index in [0.29, 0.717) is 29.0 Å². The van der Waals surface area contributed by atoms with Crippen LogP contribution in [0.4, 0.5) is 0 Å². The van der Waals surface area contributed by atoms with Gasteiger partial charge in [0.25, 0.3) is 5.56 Å². The molecule has 4 rings (SSSR count). The Hall–Kier alpha value is -3.65. The van der Waals surface area contributed by atoms with Gasteiger partial charge in [0.15, 0.2) is 0 Å². The Kier molecular flexibility index (Phi) is 4.31. The fourth-order valence-corrected chi connectivity index (χ4v) is 3.09. The fraction of sp³-hybridized carbons (Fsp3) is 0.136. The topological polar surface area (TPSA) is 52.2 Å². The molecule has 0 spiro atoms. The Balaban J connectivity index is 1.98. The summed E-state index contributed by atoms with van der Waals surface area (Å²) >= 11 is 0. The van der Waals surface area contributed by atoms with Crippen LogP contribution in [0.1, 0.15) is 24.0 Å². The van der Waals surface area contributed by atoms with E-state index in [1.807, 2.05) is 74.8 Å². The minimum absolute atomic E-state index is 0.103. The molecule has 0 saturated carbocycles. The summed E-state index contributed by atoms with van der Waals surface area (Å²) in [4.78, 5) is 18.1. The number of rotatable bonds is 2. The SMILES string of the molecule is CCc1nc2cccc(C#Cc3ccn(C)n3)n2c(=O)c1-c1ccccc1. The molecule has 0 aliphatic heterocycles. The molecule has 3 aromatic heterocycles. The molecule has 0 saturated heterocycles. The van der Waals surface area contributed by atoms with Crippen LogP contribution in [-0.4, -0.2) is 19.2 Å². The van der Waals surface area contributed by atoms with Gasteiger partial charge in [0.2, 0.25) is 0 Å². The van der Waals surface area contributed by atoms with Crippen molar-refractivity contribution in [2.24, 2.45) is 7.05 Å². The molecular weight excluding hydrogens is 336 g/mol. The quantitative estimate of drug-likeness (QED) is 0.520. The molecule has 4 aromatic rings. The lowest BCUT2D eigenvalue weighted by Gasteiger charge is -2.11. The Morgan fingerprint density at radius 2 is 1.81 bits per heavy atom. The maximum absolute atomic E-state index is 13.4. The summed E-state index contributed by atoms with van der Waals surface area (Å²) < 4.78 is 3.28. The van der Waals surface area contributed by atoms with E-state index in [1.54, 1.807) is 9.08 Å². The lowest BCUT2D eigenvalue weighted by atomic mass is 10.0. The van der Waals surface area contributed by atoms with Gasteiger partial charge in [-0.1, -0.05) is 43.3 Å². The number of nitrogens with zero attached hydrogens (tertiary/aromatic N) is 4. The van der Waals surface area contributed by atoms with Crippen molar-refractivity contribution in [1.29, 1.82) is 0 Å². The van der Waals surface area contributed by atoms with E-state index in [-0.39, 0.29) is 5.56 Å². The van der Waals surface area contributed by atoms with E-state index in [9.17, 15) is 4.79 Å². The largest absolute Gasteiger partial charge is 0.275 e. The molecule has 0 amide bonds. The summed E-state index contributed by atoms with van der Waals surface area (Å²) in [5.74, 6) is 6.09. The smallest absolute Gasteiger partial charge is 0.267 e. The van der Waals surface area contributed by atoms with Crippen LogP contribution in [0, 0.1) is 11.8 Å².